The summed E-state index contributed by atoms with van der Waals surface area (Å²) in [5.41, 5.74) is 1.65. The molecule has 0 aliphatic rings. The van der Waals surface area contributed by atoms with E-state index in [4.69, 9.17) is 17.0 Å². The van der Waals surface area contributed by atoms with Crippen LogP contribution in [0.2, 0.25) is 0 Å². The number of anilines is 1. The Kier molecular flexibility index (Phi) is 6.88. The van der Waals surface area contributed by atoms with Gasteiger partial charge in [0.05, 0.1) is 18.0 Å². The van der Waals surface area contributed by atoms with E-state index in [2.05, 4.69) is 10.4 Å². The Morgan fingerprint density at radius 2 is 1.86 bits per heavy atom. The third-order valence-electron chi connectivity index (χ3n) is 3.98. The monoisotopic (exact) mass is 431 g/mol. The predicted octanol–water partition coefficient (Wildman–Crippen LogP) is 5.43. The lowest BCUT2D eigenvalue weighted by Gasteiger charge is -2.18. The summed E-state index contributed by atoms with van der Waals surface area (Å²) >= 11 is 8.32. The molecule has 1 amide bonds. The van der Waals surface area contributed by atoms with Crippen LogP contribution in [0.15, 0.2) is 58.9 Å². The van der Waals surface area contributed by atoms with Crippen LogP contribution in [-0.2, 0) is 4.79 Å². The highest BCUT2D eigenvalue weighted by atomic mass is 32.2. The van der Waals surface area contributed by atoms with Gasteiger partial charge in [0, 0.05) is 5.69 Å². The van der Waals surface area contributed by atoms with Gasteiger partial charge in [0.25, 0.3) is 0 Å². The van der Waals surface area contributed by atoms with Gasteiger partial charge in [-0.25, -0.2) is 4.68 Å². The van der Waals surface area contributed by atoms with Gasteiger partial charge in [-0.15, -0.1) is 5.10 Å². The molecule has 0 aliphatic carbocycles. The number of benzene rings is 2. The molecule has 3 aromatic rings. The van der Waals surface area contributed by atoms with Gasteiger partial charge in [0.2, 0.25) is 5.91 Å². The van der Waals surface area contributed by atoms with Crippen molar-refractivity contribution in [3.63, 3.8) is 0 Å². The van der Waals surface area contributed by atoms with Gasteiger partial charge in [-0.1, -0.05) is 55.1 Å². The highest BCUT2D eigenvalue weighted by molar-refractivity contribution is 8.02. The first-order valence-electron chi connectivity index (χ1n) is 8.75. The molecule has 0 saturated carbocycles. The molecule has 0 spiro atoms. The second-order valence-electron chi connectivity index (χ2n) is 6.38. The van der Waals surface area contributed by atoms with Crippen LogP contribution in [-0.4, -0.2) is 28.0 Å². The van der Waals surface area contributed by atoms with E-state index in [0.29, 0.717) is 3.95 Å². The highest BCUT2D eigenvalue weighted by Gasteiger charge is 2.25. The number of hydrogen-bond acceptors (Lipinski definition) is 6. The van der Waals surface area contributed by atoms with Gasteiger partial charge in [-0.3, -0.25) is 4.79 Å². The zero-order valence-electron chi connectivity index (χ0n) is 15.8. The van der Waals surface area contributed by atoms with Gasteiger partial charge in [-0.2, -0.15) is 0 Å². The Labute approximate surface area is 177 Å². The maximum atomic E-state index is 12.9. The van der Waals surface area contributed by atoms with E-state index in [1.165, 1.54) is 23.1 Å². The van der Waals surface area contributed by atoms with Crippen LogP contribution >= 0.6 is 35.3 Å². The molecule has 28 heavy (non-hydrogen) atoms. The number of aromatic nitrogens is 2. The minimum Gasteiger partial charge on any atom is -0.497 e. The first kappa shape index (κ1) is 20.6. The number of rotatable bonds is 7. The summed E-state index contributed by atoms with van der Waals surface area (Å²) in [7, 11) is 1.61. The number of hydrogen-bond donors (Lipinski definition) is 1. The zero-order chi connectivity index (χ0) is 20.1. The largest absolute Gasteiger partial charge is 0.497 e. The molecule has 1 N–H and O–H groups in total. The lowest BCUT2D eigenvalue weighted by molar-refractivity contribution is -0.116. The van der Waals surface area contributed by atoms with Crippen molar-refractivity contribution < 1.29 is 9.53 Å². The number of para-hydroxylation sites is 1. The van der Waals surface area contributed by atoms with Crippen LogP contribution in [0.25, 0.3) is 5.69 Å². The fourth-order valence-corrected chi connectivity index (χ4v) is 5.10. The van der Waals surface area contributed by atoms with Crippen molar-refractivity contribution in [3.05, 3.63) is 58.6 Å². The number of nitrogens with zero attached hydrogens (tertiary/aromatic N) is 2. The van der Waals surface area contributed by atoms with E-state index in [-0.39, 0.29) is 17.1 Å². The molecule has 3 rings (SSSR count). The summed E-state index contributed by atoms with van der Waals surface area (Å²) in [6.07, 6.45) is 0. The molecule has 1 aromatic heterocycles. The Bertz CT molecular complexity index is 982. The smallest absolute Gasteiger partial charge is 0.238 e. The normalized spacial score (nSPS) is 12.0. The lowest BCUT2D eigenvalue weighted by atomic mass is 10.1. The Hall–Kier alpha value is -2.16. The molecule has 5 nitrogen and oxygen atoms in total. The second-order valence-corrected chi connectivity index (χ2v) is 9.39. The number of thioether (sulfide) groups is 1. The summed E-state index contributed by atoms with van der Waals surface area (Å²) in [5.74, 6) is 0.822. The van der Waals surface area contributed by atoms with E-state index >= 15 is 0 Å². The van der Waals surface area contributed by atoms with E-state index in [9.17, 15) is 4.79 Å². The van der Waals surface area contributed by atoms with Gasteiger partial charge in [0.1, 0.15) is 5.75 Å². The van der Waals surface area contributed by atoms with Crippen molar-refractivity contribution in [1.29, 1.82) is 0 Å². The molecule has 0 bridgehead atoms. The molecule has 1 atom stereocenters. The Morgan fingerprint density at radius 3 is 2.46 bits per heavy atom. The molecule has 2 aromatic carbocycles. The SMILES string of the molecule is COc1ccc(NC(=O)C(Sc2nn(-c3ccccc3)c(=S)s2)C(C)C)cc1. The van der Waals surface area contributed by atoms with Gasteiger partial charge in [-0.05, 0) is 54.5 Å². The maximum absolute atomic E-state index is 12.9. The van der Waals surface area contributed by atoms with Gasteiger partial charge >= 0.3 is 0 Å². The fourth-order valence-electron chi connectivity index (χ4n) is 2.53. The number of nitrogens with one attached hydrogen (secondary N) is 1. The molecule has 0 aliphatic heterocycles. The van der Waals surface area contributed by atoms with Crippen molar-refractivity contribution in [1.82, 2.24) is 9.78 Å². The first-order chi connectivity index (χ1) is 13.5. The molecule has 1 unspecified atom stereocenters. The third kappa shape index (κ3) is 5.01. The minimum atomic E-state index is -0.285. The number of carbonyl (C=O) groups excluding carboxylic acids is 1. The van der Waals surface area contributed by atoms with Crippen LogP contribution in [0.1, 0.15) is 13.8 Å². The average molecular weight is 432 g/mol. The van der Waals surface area contributed by atoms with Crippen molar-refractivity contribution in [2.24, 2.45) is 5.92 Å². The van der Waals surface area contributed by atoms with Crippen LogP contribution < -0.4 is 10.1 Å². The Balaban J connectivity index is 1.76. The van der Waals surface area contributed by atoms with Gasteiger partial charge < -0.3 is 10.1 Å². The highest BCUT2D eigenvalue weighted by Crippen LogP contribution is 2.32. The predicted molar refractivity (Wildman–Crippen MR) is 118 cm³/mol. The number of methoxy groups -OCH3 is 1. The zero-order valence-corrected chi connectivity index (χ0v) is 18.2. The number of amides is 1. The molecule has 1 heterocycles. The van der Waals surface area contributed by atoms with Crippen LogP contribution in [0.4, 0.5) is 5.69 Å². The van der Waals surface area contributed by atoms with E-state index in [1.54, 1.807) is 11.8 Å². The summed E-state index contributed by atoms with van der Waals surface area (Å²) in [5, 5.41) is 7.30. The Morgan fingerprint density at radius 1 is 1.18 bits per heavy atom. The molecule has 8 heteroatoms. The average Bonchev–Trinajstić information content (AvgIpc) is 3.07. The van der Waals surface area contributed by atoms with E-state index in [0.717, 1.165) is 21.5 Å². The second kappa shape index (κ2) is 9.36. The molecule has 0 radical (unpaired) electrons. The molecular formula is C20H21N3O2S3. The van der Waals surface area contributed by atoms with Crippen LogP contribution in [0.3, 0.4) is 0 Å². The lowest BCUT2D eigenvalue weighted by Crippen LogP contribution is -2.29. The number of ether oxygens (including phenoxy) is 1. The molecule has 0 fully saturated rings. The van der Waals surface area contributed by atoms with E-state index in [1.807, 2.05) is 68.4 Å². The third-order valence-corrected chi connectivity index (χ3v) is 6.84. The van der Waals surface area contributed by atoms with Crippen molar-refractivity contribution in [2.75, 3.05) is 12.4 Å². The molecular weight excluding hydrogens is 410 g/mol. The van der Waals surface area contributed by atoms with E-state index < -0.39 is 0 Å². The summed E-state index contributed by atoms with van der Waals surface area (Å²) in [6, 6.07) is 17.1. The number of carbonyl (C=O) groups is 1. The van der Waals surface area contributed by atoms with Crippen molar-refractivity contribution >= 4 is 46.9 Å². The summed E-state index contributed by atoms with van der Waals surface area (Å²) in [4.78, 5) is 12.9. The first-order valence-corrected chi connectivity index (χ1v) is 10.9. The fraction of sp³-hybridized carbons (Fsp3) is 0.250. The molecule has 146 valence electrons. The topological polar surface area (TPSA) is 56.1 Å². The quantitative estimate of drug-likeness (QED) is 0.399. The maximum Gasteiger partial charge on any atom is 0.238 e. The minimum absolute atomic E-state index is 0.0578. The van der Waals surface area contributed by atoms with Gasteiger partial charge in [0.15, 0.2) is 8.29 Å². The van der Waals surface area contributed by atoms with Crippen molar-refractivity contribution in [2.45, 2.75) is 23.4 Å². The van der Waals surface area contributed by atoms with Crippen molar-refractivity contribution in [3.8, 4) is 11.4 Å². The standard InChI is InChI=1S/C20H21N3O2S3/c1-13(2)17(18(24)21-14-9-11-16(25-3)12-10-14)27-19-22-23(20(26)28-19)15-7-5-4-6-8-15/h4-13,17H,1-3H3,(H,21,24). The van der Waals surface area contributed by atoms with Crippen LogP contribution in [0, 0.1) is 9.87 Å². The molecule has 0 saturated heterocycles. The summed E-state index contributed by atoms with van der Waals surface area (Å²) in [6.45, 7) is 4.05. The van der Waals surface area contributed by atoms with Crippen LogP contribution in [0.5, 0.6) is 5.75 Å². The summed E-state index contributed by atoms with van der Waals surface area (Å²) < 4.78 is 8.32.